The Morgan fingerprint density at radius 3 is 1.88 bits per heavy atom. The lowest BCUT2D eigenvalue weighted by Gasteiger charge is -2.34. The summed E-state index contributed by atoms with van der Waals surface area (Å²) in [6, 6.07) is 0. The van der Waals surface area contributed by atoms with Crippen LogP contribution in [0.1, 0.15) is 120 Å². The van der Waals surface area contributed by atoms with Gasteiger partial charge in [-0.1, -0.05) is 106 Å². The van der Waals surface area contributed by atoms with E-state index >= 15 is 0 Å². The molecule has 0 amide bonds. The summed E-state index contributed by atoms with van der Waals surface area (Å²) in [5.41, 5.74) is 0.913. The summed E-state index contributed by atoms with van der Waals surface area (Å²) in [6.07, 6.45) is 13.5. The molecule has 0 aliphatic carbocycles. The topological polar surface area (TPSA) is 0 Å². The summed E-state index contributed by atoms with van der Waals surface area (Å²) in [7, 11) is 5.85. The minimum Gasteiger partial charge on any atom is -0.0802 e. The number of unbranched alkanes of at least 4 members (excludes halogenated alkanes) is 2. The van der Waals surface area contributed by atoms with Crippen molar-refractivity contribution in [3.63, 3.8) is 0 Å². The molecule has 0 heterocycles. The molecule has 1 heteroatoms. The summed E-state index contributed by atoms with van der Waals surface area (Å²) in [5, 5.41) is 0. The lowest BCUT2D eigenvalue weighted by atomic mass is 9.71. The first kappa shape index (κ1) is 24.1. The predicted octanol–water partition coefficient (Wildman–Crippen LogP) is 8.21. The molecule has 0 spiro atoms. The largest absolute Gasteiger partial charge is 0.0802 e. The van der Waals surface area contributed by atoms with E-state index in [4.69, 9.17) is 7.85 Å². The van der Waals surface area contributed by atoms with Crippen LogP contribution in [0.5, 0.6) is 0 Å². The molecule has 142 valence electrons. The van der Waals surface area contributed by atoms with Gasteiger partial charge in [0, 0.05) is 0 Å². The Balaban J connectivity index is 4.27. The van der Waals surface area contributed by atoms with Crippen molar-refractivity contribution in [2.24, 2.45) is 22.7 Å². The van der Waals surface area contributed by atoms with Gasteiger partial charge >= 0.3 is 0 Å². The number of hydrogen-bond acceptors (Lipinski definition) is 0. The van der Waals surface area contributed by atoms with Crippen molar-refractivity contribution in [1.82, 2.24) is 0 Å². The van der Waals surface area contributed by atoms with Gasteiger partial charge in [0.25, 0.3) is 0 Å². The van der Waals surface area contributed by atoms with E-state index < -0.39 is 0 Å². The van der Waals surface area contributed by atoms with E-state index in [1.165, 1.54) is 64.2 Å². The highest BCUT2D eigenvalue weighted by Gasteiger charge is 2.27. The fraction of sp³-hybridized carbons (Fsp3) is 1.00. The molecular weight excluding hydrogens is 287 g/mol. The Morgan fingerprint density at radius 1 is 0.792 bits per heavy atom. The van der Waals surface area contributed by atoms with Gasteiger partial charge in [0.1, 0.15) is 0 Å². The molecule has 2 radical (unpaired) electrons. The smallest absolute Gasteiger partial charge is 0.0695 e. The van der Waals surface area contributed by atoms with Gasteiger partial charge in [-0.15, -0.1) is 0 Å². The molecule has 24 heavy (non-hydrogen) atoms. The Hall–Kier alpha value is 0.0649. The molecule has 0 fully saturated rings. The Bertz CT molecular complexity index is 298. The van der Waals surface area contributed by atoms with E-state index in [1.54, 1.807) is 0 Å². The molecule has 3 unspecified atom stereocenters. The third-order valence-corrected chi connectivity index (χ3v) is 5.48. The maximum atomic E-state index is 5.85. The Kier molecular flexibility index (Phi) is 11.7. The lowest BCUT2D eigenvalue weighted by molar-refractivity contribution is 0.169. The maximum absolute atomic E-state index is 5.85. The van der Waals surface area contributed by atoms with Crippen molar-refractivity contribution in [3.8, 4) is 0 Å². The second-order valence-corrected chi connectivity index (χ2v) is 10.6. The number of rotatable bonds is 13. The highest BCUT2D eigenvalue weighted by atomic mass is 14.3. The van der Waals surface area contributed by atoms with Crippen LogP contribution < -0.4 is 0 Å². The molecule has 0 saturated heterocycles. The van der Waals surface area contributed by atoms with E-state index in [0.29, 0.717) is 16.6 Å². The van der Waals surface area contributed by atoms with Crippen LogP contribution in [0.25, 0.3) is 0 Å². The minimum absolute atomic E-state index is 0.375. The zero-order chi connectivity index (χ0) is 18.8. The van der Waals surface area contributed by atoms with Gasteiger partial charge in [-0.3, -0.25) is 0 Å². The zero-order valence-corrected chi connectivity index (χ0v) is 18.4. The first-order valence-electron chi connectivity index (χ1n) is 10.7. The summed E-state index contributed by atoms with van der Waals surface area (Å²) in [6.45, 7) is 19.1. The average Bonchev–Trinajstić information content (AvgIpc) is 2.39. The lowest BCUT2D eigenvalue weighted by Crippen LogP contribution is -2.23. The zero-order valence-electron chi connectivity index (χ0n) is 18.4. The third kappa shape index (κ3) is 13.4. The van der Waals surface area contributed by atoms with Crippen LogP contribution in [-0.2, 0) is 0 Å². The van der Waals surface area contributed by atoms with Crippen molar-refractivity contribution >= 4 is 7.85 Å². The minimum atomic E-state index is 0.375. The van der Waals surface area contributed by atoms with Gasteiger partial charge in [0.05, 0.1) is 7.85 Å². The molecule has 0 aromatic carbocycles. The number of hydrogen-bond donors (Lipinski definition) is 0. The molecule has 0 aliphatic heterocycles. The molecule has 3 atom stereocenters. The van der Waals surface area contributed by atoms with Crippen molar-refractivity contribution in [2.75, 3.05) is 0 Å². The van der Waals surface area contributed by atoms with E-state index in [2.05, 4.69) is 55.4 Å². The third-order valence-electron chi connectivity index (χ3n) is 5.48. The first-order chi connectivity index (χ1) is 11.0. The van der Waals surface area contributed by atoms with Crippen LogP contribution in [0.3, 0.4) is 0 Å². The van der Waals surface area contributed by atoms with Crippen LogP contribution in [0.15, 0.2) is 0 Å². The summed E-state index contributed by atoms with van der Waals surface area (Å²) in [4.78, 5) is 0. The van der Waals surface area contributed by atoms with Gasteiger partial charge < -0.3 is 0 Å². The van der Waals surface area contributed by atoms with Gasteiger partial charge in [-0.05, 0) is 41.9 Å². The summed E-state index contributed by atoms with van der Waals surface area (Å²) < 4.78 is 0. The van der Waals surface area contributed by atoms with Crippen molar-refractivity contribution in [2.45, 2.75) is 125 Å². The normalized spacial score (nSPS) is 16.8. The molecular formula is C23H47B. The highest BCUT2D eigenvalue weighted by Crippen LogP contribution is 2.39. The standard InChI is InChI=1S/C23H47B/c1-9-13-21(16-17-23(7,8)18-22(4,5)6)19(2)14-11-10-12-15-20(3)24/h19-21H,9-18H2,1-8H3. The summed E-state index contributed by atoms with van der Waals surface area (Å²) >= 11 is 0. The molecule has 0 rings (SSSR count). The summed E-state index contributed by atoms with van der Waals surface area (Å²) in [5.74, 6) is 2.17. The monoisotopic (exact) mass is 334 g/mol. The van der Waals surface area contributed by atoms with Crippen LogP contribution in [0.4, 0.5) is 0 Å². The van der Waals surface area contributed by atoms with Crippen molar-refractivity contribution in [3.05, 3.63) is 0 Å². The molecule has 0 aromatic heterocycles. The second kappa shape index (κ2) is 11.6. The highest BCUT2D eigenvalue weighted by molar-refractivity contribution is 6.11. The van der Waals surface area contributed by atoms with Crippen LogP contribution >= 0.6 is 0 Å². The molecule has 0 nitrogen and oxygen atoms in total. The van der Waals surface area contributed by atoms with Gasteiger partial charge in [-0.25, -0.2) is 0 Å². The van der Waals surface area contributed by atoms with Crippen molar-refractivity contribution in [1.29, 1.82) is 0 Å². The Morgan fingerprint density at radius 2 is 1.38 bits per heavy atom. The Labute approximate surface area is 156 Å². The molecule has 0 bridgehead atoms. The fourth-order valence-corrected chi connectivity index (χ4v) is 4.53. The van der Waals surface area contributed by atoms with Gasteiger partial charge in [-0.2, -0.15) is 0 Å². The SMILES string of the molecule is [B]C(C)CCCCCC(C)C(CCC)CCC(C)(C)CC(C)(C)C. The molecule has 0 saturated carbocycles. The predicted molar refractivity (Wildman–Crippen MR) is 113 cm³/mol. The van der Waals surface area contributed by atoms with E-state index in [9.17, 15) is 0 Å². The first-order valence-corrected chi connectivity index (χ1v) is 10.7. The average molecular weight is 334 g/mol. The van der Waals surface area contributed by atoms with Crippen LogP contribution in [-0.4, -0.2) is 7.85 Å². The van der Waals surface area contributed by atoms with Gasteiger partial charge in [0.2, 0.25) is 0 Å². The molecule has 0 aliphatic rings. The maximum Gasteiger partial charge on any atom is 0.0695 e. The van der Waals surface area contributed by atoms with E-state index in [1.807, 2.05) is 0 Å². The van der Waals surface area contributed by atoms with Gasteiger partial charge in [0.15, 0.2) is 0 Å². The fourth-order valence-electron chi connectivity index (χ4n) is 4.53. The second-order valence-electron chi connectivity index (χ2n) is 10.6. The van der Waals surface area contributed by atoms with Crippen molar-refractivity contribution < 1.29 is 0 Å². The molecule has 0 aromatic rings. The quantitative estimate of drug-likeness (QED) is 0.235. The molecule has 0 N–H and O–H groups in total. The van der Waals surface area contributed by atoms with E-state index in [-0.39, 0.29) is 0 Å². The van der Waals surface area contributed by atoms with Crippen LogP contribution in [0, 0.1) is 22.7 Å². The van der Waals surface area contributed by atoms with E-state index in [0.717, 1.165) is 11.8 Å². The van der Waals surface area contributed by atoms with Crippen LogP contribution in [0.2, 0.25) is 5.82 Å².